The number of rotatable bonds is 5. The third-order valence-corrected chi connectivity index (χ3v) is 6.32. The molecule has 0 radical (unpaired) electrons. The molecule has 1 unspecified atom stereocenters. The Morgan fingerprint density at radius 2 is 1.96 bits per heavy atom. The number of nitrogens with zero attached hydrogens (tertiary/aromatic N) is 1. The van der Waals surface area contributed by atoms with Crippen LogP contribution in [0, 0.1) is 6.92 Å². The van der Waals surface area contributed by atoms with Crippen LogP contribution in [0.2, 0.25) is 0 Å². The van der Waals surface area contributed by atoms with Gasteiger partial charge in [-0.25, -0.2) is 13.1 Å². The van der Waals surface area contributed by atoms with Crippen LogP contribution in [0.1, 0.15) is 34.3 Å². The minimum absolute atomic E-state index is 0.0242. The second-order valence-corrected chi connectivity index (χ2v) is 8.68. The van der Waals surface area contributed by atoms with Gasteiger partial charge in [-0.1, -0.05) is 36.4 Å². The lowest BCUT2D eigenvalue weighted by Gasteiger charge is -2.31. The average molecular weight is 388 g/mol. The second-order valence-electron chi connectivity index (χ2n) is 6.94. The van der Waals surface area contributed by atoms with Gasteiger partial charge in [0.25, 0.3) is 5.91 Å². The van der Waals surface area contributed by atoms with E-state index in [4.69, 9.17) is 5.73 Å². The summed E-state index contributed by atoms with van der Waals surface area (Å²) in [6, 6.07) is 14.1. The van der Waals surface area contributed by atoms with E-state index < -0.39 is 10.0 Å². The predicted molar refractivity (Wildman–Crippen MR) is 105 cm³/mol. The molecule has 3 N–H and O–H groups in total. The summed E-state index contributed by atoms with van der Waals surface area (Å²) < 4.78 is 28.2. The minimum atomic E-state index is -3.73. The van der Waals surface area contributed by atoms with E-state index in [1.807, 2.05) is 30.3 Å². The van der Waals surface area contributed by atoms with Crippen molar-refractivity contribution in [1.29, 1.82) is 0 Å². The summed E-state index contributed by atoms with van der Waals surface area (Å²) >= 11 is 0. The van der Waals surface area contributed by atoms with Crippen LogP contribution >= 0.6 is 0 Å². The second kappa shape index (κ2) is 8.21. The summed E-state index contributed by atoms with van der Waals surface area (Å²) in [6.07, 6.45) is 1.77. The molecule has 1 aliphatic heterocycles. The summed E-state index contributed by atoms with van der Waals surface area (Å²) in [7, 11) is -3.73. The Morgan fingerprint density at radius 3 is 2.67 bits per heavy atom. The van der Waals surface area contributed by atoms with Gasteiger partial charge in [-0.15, -0.1) is 0 Å². The average Bonchev–Trinajstić information content (AvgIpc) is 2.67. The molecule has 1 saturated heterocycles. The first-order valence-corrected chi connectivity index (χ1v) is 10.5. The molecule has 144 valence electrons. The molecule has 2 aromatic rings. The summed E-state index contributed by atoms with van der Waals surface area (Å²) in [5.74, 6) is -0.176. The van der Waals surface area contributed by atoms with Crippen LogP contribution in [0.5, 0.6) is 0 Å². The van der Waals surface area contributed by atoms with Gasteiger partial charge in [0.05, 0.1) is 4.90 Å². The van der Waals surface area contributed by atoms with Gasteiger partial charge in [-0.05, 0) is 43.0 Å². The molecule has 7 heteroatoms. The third-order valence-electron chi connectivity index (χ3n) is 4.78. The highest BCUT2D eigenvalue weighted by Crippen LogP contribution is 2.20. The van der Waals surface area contributed by atoms with E-state index in [9.17, 15) is 13.2 Å². The van der Waals surface area contributed by atoms with Crippen LogP contribution in [0.3, 0.4) is 0 Å². The first kappa shape index (κ1) is 19.5. The van der Waals surface area contributed by atoms with Crippen LogP contribution in [-0.2, 0) is 16.6 Å². The highest BCUT2D eigenvalue weighted by Gasteiger charge is 2.24. The van der Waals surface area contributed by atoms with Gasteiger partial charge < -0.3 is 10.6 Å². The number of carbonyl (C=O) groups is 1. The number of hydrogen-bond acceptors (Lipinski definition) is 4. The van der Waals surface area contributed by atoms with E-state index in [1.165, 1.54) is 6.07 Å². The lowest BCUT2D eigenvalue weighted by molar-refractivity contribution is 0.0708. The van der Waals surface area contributed by atoms with Crippen molar-refractivity contribution in [3.05, 3.63) is 65.2 Å². The van der Waals surface area contributed by atoms with E-state index in [-0.39, 0.29) is 23.4 Å². The number of amides is 1. The number of carbonyl (C=O) groups excluding carboxylic acids is 1. The molecule has 0 bridgehead atoms. The molecular weight excluding hydrogens is 362 g/mol. The number of benzene rings is 2. The molecule has 1 atom stereocenters. The first-order chi connectivity index (χ1) is 12.9. The molecule has 1 fully saturated rings. The van der Waals surface area contributed by atoms with E-state index in [2.05, 4.69) is 4.72 Å². The minimum Gasteiger partial charge on any atom is -0.337 e. The van der Waals surface area contributed by atoms with Gasteiger partial charge in [0.15, 0.2) is 0 Å². The maximum atomic E-state index is 12.8. The third kappa shape index (κ3) is 4.74. The quantitative estimate of drug-likeness (QED) is 0.821. The van der Waals surface area contributed by atoms with Crippen molar-refractivity contribution >= 4 is 15.9 Å². The van der Waals surface area contributed by atoms with E-state index in [0.717, 1.165) is 18.4 Å². The van der Waals surface area contributed by atoms with Crippen molar-refractivity contribution in [1.82, 2.24) is 9.62 Å². The van der Waals surface area contributed by atoms with Crippen LogP contribution in [0.15, 0.2) is 53.4 Å². The molecule has 6 nitrogen and oxygen atoms in total. The van der Waals surface area contributed by atoms with Gasteiger partial charge in [0.1, 0.15) is 0 Å². The maximum absolute atomic E-state index is 12.8. The van der Waals surface area contributed by atoms with Gasteiger partial charge in [-0.2, -0.15) is 0 Å². The molecule has 3 rings (SSSR count). The molecule has 0 spiro atoms. The molecule has 0 saturated carbocycles. The summed E-state index contributed by atoms with van der Waals surface area (Å²) in [6.45, 7) is 3.07. The van der Waals surface area contributed by atoms with Gasteiger partial charge in [0, 0.05) is 31.2 Å². The maximum Gasteiger partial charge on any atom is 0.253 e. The van der Waals surface area contributed by atoms with Crippen LogP contribution in [0.4, 0.5) is 0 Å². The van der Waals surface area contributed by atoms with Crippen LogP contribution < -0.4 is 10.5 Å². The number of nitrogens with one attached hydrogen (secondary N) is 1. The normalized spacial score (nSPS) is 17.7. The first-order valence-electron chi connectivity index (χ1n) is 9.06. The molecule has 0 aromatic heterocycles. The fourth-order valence-electron chi connectivity index (χ4n) is 3.25. The molecule has 1 heterocycles. The number of sulfonamides is 1. The smallest absolute Gasteiger partial charge is 0.253 e. The Morgan fingerprint density at radius 1 is 1.22 bits per heavy atom. The molecule has 1 amide bonds. The van der Waals surface area contributed by atoms with Crippen molar-refractivity contribution in [3.63, 3.8) is 0 Å². The number of likely N-dealkylation sites (tertiary alicyclic amines) is 1. The summed E-state index contributed by atoms with van der Waals surface area (Å²) in [5, 5.41) is 0. The van der Waals surface area contributed by atoms with Crippen molar-refractivity contribution in [2.45, 2.75) is 37.2 Å². The number of hydrogen-bond donors (Lipinski definition) is 2. The van der Waals surface area contributed by atoms with E-state index in [1.54, 1.807) is 24.0 Å². The number of aryl methyl sites for hydroxylation is 1. The molecule has 1 aliphatic rings. The van der Waals surface area contributed by atoms with Crippen LogP contribution in [0.25, 0.3) is 0 Å². The SMILES string of the molecule is Cc1ccc(C(=O)N2CCCC(N)C2)cc1S(=O)(=O)NCc1ccccc1. The van der Waals surface area contributed by atoms with Crippen molar-refractivity contribution in [2.75, 3.05) is 13.1 Å². The molecule has 27 heavy (non-hydrogen) atoms. The van der Waals surface area contributed by atoms with Gasteiger partial charge >= 0.3 is 0 Å². The fraction of sp³-hybridized carbons (Fsp3) is 0.350. The van der Waals surface area contributed by atoms with E-state index in [0.29, 0.717) is 24.2 Å². The topological polar surface area (TPSA) is 92.5 Å². The van der Waals surface area contributed by atoms with Gasteiger partial charge in [0.2, 0.25) is 10.0 Å². The highest BCUT2D eigenvalue weighted by molar-refractivity contribution is 7.89. The zero-order valence-corrected chi connectivity index (χ0v) is 16.2. The largest absolute Gasteiger partial charge is 0.337 e. The Kier molecular flexibility index (Phi) is 5.94. The molecule has 2 aromatic carbocycles. The van der Waals surface area contributed by atoms with Crippen molar-refractivity contribution < 1.29 is 13.2 Å². The summed E-state index contributed by atoms with van der Waals surface area (Å²) in [4.78, 5) is 14.6. The predicted octanol–water partition coefficient (Wildman–Crippen LogP) is 2.04. The molecular formula is C20H25N3O3S. The lowest BCUT2D eigenvalue weighted by Crippen LogP contribution is -2.45. The highest BCUT2D eigenvalue weighted by atomic mass is 32.2. The monoisotopic (exact) mass is 387 g/mol. The Hall–Kier alpha value is -2.22. The zero-order valence-electron chi connectivity index (χ0n) is 15.4. The summed E-state index contributed by atoms with van der Waals surface area (Å²) in [5.41, 5.74) is 7.80. The standard InChI is InChI=1S/C20H25N3O3S/c1-15-9-10-17(20(24)23-11-5-8-18(21)14-23)12-19(15)27(25,26)22-13-16-6-3-2-4-7-16/h2-4,6-7,9-10,12,18,22H,5,8,11,13-14,21H2,1H3. The number of piperidine rings is 1. The Bertz CT molecular complexity index is 913. The Balaban J connectivity index is 1.80. The Labute approximate surface area is 160 Å². The number of nitrogens with two attached hydrogens (primary N) is 1. The van der Waals surface area contributed by atoms with Crippen LogP contribution in [-0.4, -0.2) is 38.4 Å². The van der Waals surface area contributed by atoms with Gasteiger partial charge in [-0.3, -0.25) is 4.79 Å². The van der Waals surface area contributed by atoms with Crippen molar-refractivity contribution in [2.24, 2.45) is 5.73 Å². The lowest BCUT2D eigenvalue weighted by atomic mass is 10.0. The molecule has 0 aliphatic carbocycles. The van der Waals surface area contributed by atoms with Crippen molar-refractivity contribution in [3.8, 4) is 0 Å². The van der Waals surface area contributed by atoms with E-state index >= 15 is 0 Å². The fourth-order valence-corrected chi connectivity index (χ4v) is 4.54. The zero-order chi connectivity index (χ0) is 19.4.